The minimum absolute atomic E-state index is 0.0271. The van der Waals surface area contributed by atoms with E-state index in [1.807, 2.05) is 26.0 Å². The summed E-state index contributed by atoms with van der Waals surface area (Å²) in [6.07, 6.45) is -3.31. The average Bonchev–Trinajstić information content (AvgIpc) is 2.95. The minimum Gasteiger partial charge on any atom is -0.354 e. The number of rotatable bonds is 12. The molecule has 0 spiro atoms. The molecule has 0 fully saturated rings. The van der Waals surface area contributed by atoms with E-state index in [2.05, 4.69) is 5.32 Å². The lowest BCUT2D eigenvalue weighted by Gasteiger charge is -2.32. The van der Waals surface area contributed by atoms with Gasteiger partial charge in [0.2, 0.25) is 11.8 Å². The van der Waals surface area contributed by atoms with Gasteiger partial charge in [0.25, 0.3) is 10.0 Å². The second kappa shape index (κ2) is 14.3. The molecule has 0 aliphatic rings. The number of anilines is 1. The van der Waals surface area contributed by atoms with E-state index >= 15 is 0 Å². The fraction of sp³-hybridized carbons (Fsp3) is 0.355. The van der Waals surface area contributed by atoms with Crippen LogP contribution in [-0.2, 0) is 32.3 Å². The molecule has 0 aromatic heterocycles. The van der Waals surface area contributed by atoms with Crippen LogP contribution in [0.25, 0.3) is 0 Å². The van der Waals surface area contributed by atoms with Crippen molar-refractivity contribution in [3.63, 3.8) is 0 Å². The zero-order chi connectivity index (χ0) is 31.9. The lowest BCUT2D eigenvalue weighted by Crippen LogP contribution is -2.51. The lowest BCUT2D eigenvalue weighted by atomic mass is 10.1. The van der Waals surface area contributed by atoms with Crippen molar-refractivity contribution in [2.75, 3.05) is 17.4 Å². The number of hydrogen-bond donors (Lipinski definition) is 1. The first-order valence-electron chi connectivity index (χ1n) is 13.7. The van der Waals surface area contributed by atoms with Gasteiger partial charge in [-0.2, -0.15) is 13.2 Å². The van der Waals surface area contributed by atoms with E-state index in [-0.39, 0.29) is 11.4 Å². The highest BCUT2D eigenvalue weighted by Crippen LogP contribution is 2.38. The Labute approximate surface area is 255 Å². The number of nitrogens with zero attached hydrogens (tertiary/aromatic N) is 2. The Morgan fingerprint density at radius 1 is 1.00 bits per heavy atom. The standard InChI is InChI=1S/C31H35ClF3N3O4S/c1-5-6-17-36-30(40)23(4)37(19-24-10-8-7-9-22(24)3)29(39)20-38(43(41,42)26-14-11-21(2)12-15-26)25-13-16-28(32)27(18-25)31(33,34)35/h7-16,18,23H,5-6,17,19-20H2,1-4H3,(H,36,40)/t23-/m0/s1. The summed E-state index contributed by atoms with van der Waals surface area (Å²) in [7, 11) is -4.54. The number of amides is 2. The third kappa shape index (κ3) is 8.51. The Balaban J connectivity index is 2.11. The van der Waals surface area contributed by atoms with Crippen molar-refractivity contribution < 1.29 is 31.2 Å². The maximum atomic E-state index is 14.0. The number of unbranched alkanes of at least 4 members (excludes halogenated alkanes) is 1. The molecule has 0 saturated heterocycles. The number of aryl methyl sites for hydroxylation is 2. The lowest BCUT2D eigenvalue weighted by molar-refractivity contribution is -0.139. The molecule has 0 heterocycles. The van der Waals surface area contributed by atoms with Gasteiger partial charge in [-0.25, -0.2) is 8.42 Å². The van der Waals surface area contributed by atoms with Gasteiger partial charge in [0, 0.05) is 13.1 Å². The third-order valence-electron chi connectivity index (χ3n) is 7.03. The van der Waals surface area contributed by atoms with Gasteiger partial charge in [0.1, 0.15) is 12.6 Å². The van der Waals surface area contributed by atoms with Gasteiger partial charge in [-0.05, 0) is 68.7 Å². The van der Waals surface area contributed by atoms with Crippen LogP contribution in [0.5, 0.6) is 0 Å². The normalized spacial score (nSPS) is 12.5. The van der Waals surface area contributed by atoms with Crippen molar-refractivity contribution in [3.05, 3.63) is 94.0 Å². The summed E-state index contributed by atoms with van der Waals surface area (Å²) in [6.45, 7) is 6.58. The molecular formula is C31H35ClF3N3O4S. The van der Waals surface area contributed by atoms with Crippen LogP contribution in [0.3, 0.4) is 0 Å². The molecule has 1 atom stereocenters. The molecule has 43 heavy (non-hydrogen) atoms. The maximum Gasteiger partial charge on any atom is 0.417 e. The molecule has 0 radical (unpaired) electrons. The van der Waals surface area contributed by atoms with Crippen molar-refractivity contribution in [1.29, 1.82) is 0 Å². The largest absolute Gasteiger partial charge is 0.417 e. The number of nitrogens with one attached hydrogen (secondary N) is 1. The van der Waals surface area contributed by atoms with E-state index in [0.29, 0.717) is 16.9 Å². The molecule has 3 rings (SSSR count). The van der Waals surface area contributed by atoms with Crippen LogP contribution in [0.4, 0.5) is 18.9 Å². The monoisotopic (exact) mass is 637 g/mol. The zero-order valence-corrected chi connectivity index (χ0v) is 26.0. The van der Waals surface area contributed by atoms with Crippen LogP contribution in [0, 0.1) is 13.8 Å². The molecule has 0 unspecified atom stereocenters. The Morgan fingerprint density at radius 2 is 1.65 bits per heavy atom. The highest BCUT2D eigenvalue weighted by Gasteiger charge is 2.37. The maximum absolute atomic E-state index is 14.0. The predicted octanol–water partition coefficient (Wildman–Crippen LogP) is 6.50. The van der Waals surface area contributed by atoms with E-state index in [4.69, 9.17) is 11.6 Å². The Morgan fingerprint density at radius 3 is 2.26 bits per heavy atom. The van der Waals surface area contributed by atoms with Crippen LogP contribution >= 0.6 is 11.6 Å². The molecular weight excluding hydrogens is 603 g/mol. The molecule has 7 nitrogen and oxygen atoms in total. The number of alkyl halides is 3. The SMILES string of the molecule is CCCCNC(=O)[C@H](C)N(Cc1ccccc1C)C(=O)CN(c1ccc(Cl)c(C(F)(F)F)c1)S(=O)(=O)c1ccc(C)cc1. The van der Waals surface area contributed by atoms with Crippen molar-refractivity contribution in [2.24, 2.45) is 0 Å². The van der Waals surface area contributed by atoms with E-state index in [1.54, 1.807) is 31.2 Å². The Kier molecular flexibility index (Phi) is 11.3. The van der Waals surface area contributed by atoms with Gasteiger partial charge in [-0.15, -0.1) is 0 Å². The van der Waals surface area contributed by atoms with Crippen molar-refractivity contribution in [1.82, 2.24) is 10.2 Å². The van der Waals surface area contributed by atoms with Gasteiger partial charge in [0.05, 0.1) is 21.2 Å². The molecule has 0 bridgehead atoms. The van der Waals surface area contributed by atoms with Gasteiger partial charge in [0.15, 0.2) is 0 Å². The van der Waals surface area contributed by atoms with Gasteiger partial charge >= 0.3 is 6.18 Å². The summed E-state index contributed by atoms with van der Waals surface area (Å²) >= 11 is 5.82. The molecule has 3 aromatic rings. The van der Waals surface area contributed by atoms with Crippen LogP contribution < -0.4 is 9.62 Å². The first kappa shape index (κ1) is 33.9. The second-order valence-corrected chi connectivity index (χ2v) is 12.5. The van der Waals surface area contributed by atoms with E-state index in [0.717, 1.165) is 41.7 Å². The Hall–Kier alpha value is -3.57. The van der Waals surface area contributed by atoms with Crippen LogP contribution in [0.15, 0.2) is 71.6 Å². The molecule has 2 amide bonds. The Bertz CT molecular complexity index is 1550. The first-order chi connectivity index (χ1) is 20.2. The predicted molar refractivity (Wildman–Crippen MR) is 161 cm³/mol. The summed E-state index contributed by atoms with van der Waals surface area (Å²) in [5, 5.41) is 2.17. The zero-order valence-electron chi connectivity index (χ0n) is 24.4. The topological polar surface area (TPSA) is 86.8 Å². The number of carbonyl (C=O) groups is 2. The number of hydrogen-bond acceptors (Lipinski definition) is 4. The molecule has 0 saturated carbocycles. The highest BCUT2D eigenvalue weighted by atomic mass is 35.5. The minimum atomic E-state index is -4.88. The van der Waals surface area contributed by atoms with Crippen molar-refractivity contribution >= 4 is 39.1 Å². The third-order valence-corrected chi connectivity index (χ3v) is 9.15. The summed E-state index contributed by atoms with van der Waals surface area (Å²) in [5.41, 5.74) is 0.684. The molecule has 3 aromatic carbocycles. The van der Waals surface area contributed by atoms with E-state index < -0.39 is 56.9 Å². The van der Waals surface area contributed by atoms with E-state index in [1.165, 1.54) is 24.0 Å². The number of benzene rings is 3. The molecule has 0 aliphatic carbocycles. The fourth-order valence-corrected chi connectivity index (χ4v) is 5.97. The molecule has 0 aliphatic heterocycles. The fourth-order valence-electron chi connectivity index (χ4n) is 4.34. The highest BCUT2D eigenvalue weighted by molar-refractivity contribution is 7.92. The summed E-state index contributed by atoms with van der Waals surface area (Å²) < 4.78 is 69.8. The van der Waals surface area contributed by atoms with Crippen LogP contribution in [0.1, 0.15) is 48.9 Å². The summed E-state index contributed by atoms with van der Waals surface area (Å²) in [5.74, 6) is -1.21. The second-order valence-electron chi connectivity index (χ2n) is 10.3. The van der Waals surface area contributed by atoms with Crippen LogP contribution in [-0.4, -0.2) is 44.3 Å². The molecule has 232 valence electrons. The smallest absolute Gasteiger partial charge is 0.354 e. The van der Waals surface area contributed by atoms with Crippen LogP contribution in [0.2, 0.25) is 5.02 Å². The quantitative estimate of drug-likeness (QED) is 0.230. The first-order valence-corrected chi connectivity index (χ1v) is 15.6. The number of sulfonamides is 1. The summed E-state index contributed by atoms with van der Waals surface area (Å²) in [6, 6.07) is 14.6. The number of halogens is 4. The average molecular weight is 638 g/mol. The van der Waals surface area contributed by atoms with Crippen molar-refractivity contribution in [3.8, 4) is 0 Å². The molecule has 1 N–H and O–H groups in total. The summed E-state index contributed by atoms with van der Waals surface area (Å²) in [4.78, 5) is 28.1. The van der Waals surface area contributed by atoms with Gasteiger partial charge in [-0.1, -0.05) is 66.9 Å². The van der Waals surface area contributed by atoms with E-state index in [9.17, 15) is 31.2 Å². The van der Waals surface area contributed by atoms with Crippen molar-refractivity contribution in [2.45, 2.75) is 64.2 Å². The van der Waals surface area contributed by atoms with Gasteiger partial charge < -0.3 is 10.2 Å². The number of carbonyl (C=O) groups excluding carboxylic acids is 2. The van der Waals surface area contributed by atoms with Gasteiger partial charge in [-0.3, -0.25) is 13.9 Å². The molecule has 12 heteroatoms.